The minimum Gasteiger partial charge on any atom is -0.478 e. The second kappa shape index (κ2) is 7.64. The first-order chi connectivity index (χ1) is 4.63. The molecule has 4 N–H and O–H groups in total. The fraction of sp³-hybridized carbons (Fsp3) is 0.200. The van der Waals surface area contributed by atoms with Gasteiger partial charge in [-0.15, -0.1) is 0 Å². The lowest BCUT2D eigenvalue weighted by Gasteiger charge is -1.74. The van der Waals surface area contributed by atoms with Crippen LogP contribution in [0.15, 0.2) is 12.2 Å². The van der Waals surface area contributed by atoms with Crippen LogP contribution >= 0.6 is 0 Å². The maximum Gasteiger partial charge on any atom is 0.328 e. The van der Waals surface area contributed by atoms with Gasteiger partial charge in [0, 0.05) is 12.2 Å². The molecule has 0 saturated carbocycles. The highest BCUT2D eigenvalue weighted by Gasteiger charge is 1.88. The van der Waals surface area contributed by atoms with E-state index >= 15 is 0 Å². The van der Waals surface area contributed by atoms with Gasteiger partial charge in [0.2, 0.25) is 0 Å². The summed E-state index contributed by atoms with van der Waals surface area (Å²) in [4.78, 5) is 19.1. The molecule has 10 heavy (non-hydrogen) atoms. The van der Waals surface area contributed by atoms with Gasteiger partial charge in [0.1, 0.15) is 0 Å². The van der Waals surface area contributed by atoms with Crippen molar-refractivity contribution in [1.29, 1.82) is 0 Å². The van der Waals surface area contributed by atoms with Gasteiger partial charge in [0.25, 0.3) is 0 Å². The average Bonchev–Trinajstić information content (AvgIpc) is 1.89. The predicted molar refractivity (Wildman–Crippen MR) is 34.5 cm³/mol. The molecular weight excluding hydrogens is 138 g/mol. The lowest BCUT2D eigenvalue weighted by atomic mass is 10.5. The summed E-state index contributed by atoms with van der Waals surface area (Å²) in [7, 11) is 1.50. The highest BCUT2D eigenvalue weighted by molar-refractivity contribution is 5.89. The van der Waals surface area contributed by atoms with E-state index in [0.717, 1.165) is 0 Å². The number of aliphatic carboxylic acids is 2. The van der Waals surface area contributed by atoms with Crippen molar-refractivity contribution >= 4 is 11.9 Å². The number of hydrogen-bond donors (Lipinski definition) is 3. The highest BCUT2D eigenvalue weighted by atomic mass is 16.4. The van der Waals surface area contributed by atoms with Gasteiger partial charge in [-0.1, -0.05) is 0 Å². The molecule has 0 radical (unpaired) electrons. The molecular formula is C5H9NO4. The second-order valence-corrected chi connectivity index (χ2v) is 1.01. The highest BCUT2D eigenvalue weighted by Crippen LogP contribution is 1.70. The summed E-state index contributed by atoms with van der Waals surface area (Å²) < 4.78 is 0. The minimum absolute atomic E-state index is 0.558. The molecule has 0 unspecified atom stereocenters. The molecule has 0 atom stereocenters. The Bertz CT molecular complexity index is 125. The Kier molecular flexibility index (Phi) is 8.74. The zero-order valence-corrected chi connectivity index (χ0v) is 5.44. The molecule has 0 aromatic carbocycles. The second-order valence-electron chi connectivity index (χ2n) is 1.01. The Morgan fingerprint density at radius 2 is 1.30 bits per heavy atom. The van der Waals surface area contributed by atoms with Gasteiger partial charge in [-0.3, -0.25) is 0 Å². The van der Waals surface area contributed by atoms with Crippen molar-refractivity contribution in [3.8, 4) is 0 Å². The smallest absolute Gasteiger partial charge is 0.328 e. The fourth-order valence-corrected chi connectivity index (χ4v) is 0.143. The number of rotatable bonds is 2. The molecule has 0 aromatic rings. The lowest BCUT2D eigenvalue weighted by molar-refractivity contribution is -0.134. The van der Waals surface area contributed by atoms with E-state index < -0.39 is 11.9 Å². The monoisotopic (exact) mass is 147 g/mol. The molecule has 0 fully saturated rings. The van der Waals surface area contributed by atoms with E-state index in [1.165, 1.54) is 7.05 Å². The van der Waals surface area contributed by atoms with Crippen LogP contribution in [-0.2, 0) is 9.59 Å². The molecule has 5 heteroatoms. The standard InChI is InChI=1S/C4H4O4.CH5N/c5-3(6)1-2-4(7)8;1-2/h1-2H,(H,5,6)(H,7,8);2H2,1H3/b2-1-;. The van der Waals surface area contributed by atoms with Crippen LogP contribution in [0.2, 0.25) is 0 Å². The fourth-order valence-electron chi connectivity index (χ4n) is 0.143. The summed E-state index contributed by atoms with van der Waals surface area (Å²) in [5, 5.41) is 15.6. The topological polar surface area (TPSA) is 101 Å². The Balaban J connectivity index is 0. The van der Waals surface area contributed by atoms with Crippen molar-refractivity contribution in [1.82, 2.24) is 0 Å². The molecule has 0 spiro atoms. The molecule has 0 aromatic heterocycles. The first kappa shape index (κ1) is 11.4. The maximum atomic E-state index is 9.55. The van der Waals surface area contributed by atoms with Crippen LogP contribution in [0, 0.1) is 0 Å². The van der Waals surface area contributed by atoms with Crippen molar-refractivity contribution in [3.05, 3.63) is 12.2 Å². The number of carbonyl (C=O) groups is 2. The van der Waals surface area contributed by atoms with E-state index in [0.29, 0.717) is 12.2 Å². The first-order valence-corrected chi connectivity index (χ1v) is 2.34. The van der Waals surface area contributed by atoms with E-state index in [4.69, 9.17) is 10.2 Å². The molecule has 0 aliphatic rings. The van der Waals surface area contributed by atoms with Crippen molar-refractivity contribution < 1.29 is 19.8 Å². The van der Waals surface area contributed by atoms with Crippen molar-refractivity contribution in [2.24, 2.45) is 5.73 Å². The zero-order chi connectivity index (χ0) is 8.57. The van der Waals surface area contributed by atoms with Crippen molar-refractivity contribution in [2.45, 2.75) is 0 Å². The number of nitrogens with two attached hydrogens (primary N) is 1. The van der Waals surface area contributed by atoms with Crippen LogP contribution in [0.25, 0.3) is 0 Å². The third-order valence-electron chi connectivity index (χ3n) is 0.368. The normalized spacial score (nSPS) is 8.20. The summed E-state index contributed by atoms with van der Waals surface area (Å²) >= 11 is 0. The number of hydrogen-bond acceptors (Lipinski definition) is 3. The van der Waals surface area contributed by atoms with Gasteiger partial charge in [-0.05, 0) is 7.05 Å². The van der Waals surface area contributed by atoms with Crippen molar-refractivity contribution in [2.75, 3.05) is 7.05 Å². The van der Waals surface area contributed by atoms with Gasteiger partial charge in [0.15, 0.2) is 0 Å². The molecule has 0 aliphatic carbocycles. The summed E-state index contributed by atoms with van der Waals surface area (Å²) in [5.74, 6) is -2.51. The van der Waals surface area contributed by atoms with Gasteiger partial charge < -0.3 is 15.9 Å². The van der Waals surface area contributed by atoms with E-state index in [2.05, 4.69) is 5.73 Å². The predicted octanol–water partition coefficient (Wildman–Crippen LogP) is -0.713. The first-order valence-electron chi connectivity index (χ1n) is 2.34. The molecule has 0 aliphatic heterocycles. The van der Waals surface area contributed by atoms with Gasteiger partial charge in [-0.25, -0.2) is 9.59 Å². The van der Waals surface area contributed by atoms with Crippen LogP contribution in [-0.4, -0.2) is 29.2 Å². The molecule has 0 amide bonds. The van der Waals surface area contributed by atoms with Crippen LogP contribution in [0.1, 0.15) is 0 Å². The van der Waals surface area contributed by atoms with Crippen LogP contribution in [0.5, 0.6) is 0 Å². The molecule has 5 nitrogen and oxygen atoms in total. The molecule has 58 valence electrons. The molecule has 0 saturated heterocycles. The number of carboxylic acid groups (broad SMARTS) is 2. The van der Waals surface area contributed by atoms with E-state index in [-0.39, 0.29) is 0 Å². The van der Waals surface area contributed by atoms with E-state index in [1.807, 2.05) is 0 Å². The minimum atomic E-state index is -1.26. The zero-order valence-electron chi connectivity index (χ0n) is 5.44. The molecule has 0 rings (SSSR count). The molecule has 0 bridgehead atoms. The molecule has 0 heterocycles. The van der Waals surface area contributed by atoms with Crippen LogP contribution < -0.4 is 5.73 Å². The Hall–Kier alpha value is -1.36. The Labute approximate surface area is 57.8 Å². The summed E-state index contributed by atoms with van der Waals surface area (Å²) in [5.41, 5.74) is 4.50. The average molecular weight is 147 g/mol. The largest absolute Gasteiger partial charge is 0.478 e. The maximum absolute atomic E-state index is 9.55. The Morgan fingerprint density at radius 1 is 1.10 bits per heavy atom. The third kappa shape index (κ3) is 15.9. The van der Waals surface area contributed by atoms with E-state index in [1.54, 1.807) is 0 Å². The third-order valence-corrected chi connectivity index (χ3v) is 0.368. The van der Waals surface area contributed by atoms with Gasteiger partial charge in [0.05, 0.1) is 0 Å². The van der Waals surface area contributed by atoms with Crippen LogP contribution in [0.3, 0.4) is 0 Å². The lowest BCUT2D eigenvalue weighted by Crippen LogP contribution is -1.91. The summed E-state index contributed by atoms with van der Waals surface area (Å²) in [6.07, 6.45) is 1.12. The Morgan fingerprint density at radius 3 is 1.40 bits per heavy atom. The van der Waals surface area contributed by atoms with Crippen molar-refractivity contribution in [3.63, 3.8) is 0 Å². The summed E-state index contributed by atoms with van der Waals surface area (Å²) in [6.45, 7) is 0. The van der Waals surface area contributed by atoms with Gasteiger partial charge >= 0.3 is 11.9 Å². The van der Waals surface area contributed by atoms with Crippen LogP contribution in [0.4, 0.5) is 0 Å². The SMILES string of the molecule is CN.O=C(O)/C=C\C(=O)O. The van der Waals surface area contributed by atoms with E-state index in [9.17, 15) is 9.59 Å². The quantitative estimate of drug-likeness (QED) is 0.448. The number of carboxylic acids is 2. The van der Waals surface area contributed by atoms with Gasteiger partial charge in [-0.2, -0.15) is 0 Å². The summed E-state index contributed by atoms with van der Waals surface area (Å²) in [6, 6.07) is 0.